The van der Waals surface area contributed by atoms with Gasteiger partial charge in [0, 0.05) is 29.3 Å². The van der Waals surface area contributed by atoms with Crippen LogP contribution in [0.25, 0.3) is 0 Å². The second-order valence-electron chi connectivity index (χ2n) is 10.7. The average molecular weight is 486 g/mol. The fraction of sp³-hybridized carbons (Fsp3) is 0.577. The van der Waals surface area contributed by atoms with Crippen LogP contribution in [0, 0.1) is 5.41 Å². The number of nitrogens with zero attached hydrogens (tertiary/aromatic N) is 2. The topological polar surface area (TPSA) is 65.5 Å². The van der Waals surface area contributed by atoms with Gasteiger partial charge < -0.3 is 15.3 Å². The molecule has 1 spiro atoms. The summed E-state index contributed by atoms with van der Waals surface area (Å²) in [7, 11) is -0.997. The number of pyridine rings is 1. The molecule has 7 heteroatoms. The molecule has 6 rings (SSSR count). The van der Waals surface area contributed by atoms with Crippen molar-refractivity contribution in [3.05, 3.63) is 46.5 Å². The number of halogens is 1. The molecule has 1 aromatic carbocycles. The zero-order valence-electron chi connectivity index (χ0n) is 19.0. The van der Waals surface area contributed by atoms with Gasteiger partial charge in [-0.1, -0.05) is 23.7 Å². The summed E-state index contributed by atoms with van der Waals surface area (Å²) in [5.41, 5.74) is 2.70. The van der Waals surface area contributed by atoms with Gasteiger partial charge in [-0.05, 0) is 86.6 Å². The molecule has 2 saturated carbocycles. The lowest BCUT2D eigenvalue weighted by Crippen LogP contribution is -2.58. The van der Waals surface area contributed by atoms with Crippen molar-refractivity contribution in [1.29, 1.82) is 0 Å². The van der Waals surface area contributed by atoms with Crippen LogP contribution in [-0.2, 0) is 17.2 Å². The second kappa shape index (κ2) is 8.24. The van der Waals surface area contributed by atoms with Crippen LogP contribution in [0.3, 0.4) is 0 Å². The van der Waals surface area contributed by atoms with Gasteiger partial charge in [0.25, 0.3) is 0 Å². The normalized spacial score (nSPS) is 25.4. The number of hydrogen-bond donors (Lipinski definition) is 2. The van der Waals surface area contributed by atoms with Crippen molar-refractivity contribution in [2.45, 2.75) is 67.7 Å². The van der Waals surface area contributed by atoms with E-state index < -0.39 is 10.8 Å². The summed E-state index contributed by atoms with van der Waals surface area (Å²) in [5.74, 6) is 3.08. The van der Waals surface area contributed by atoms with Crippen molar-refractivity contribution < 1.29 is 9.32 Å². The maximum Gasteiger partial charge on any atom is 0.145 e. The quantitative estimate of drug-likeness (QED) is 0.631. The summed E-state index contributed by atoms with van der Waals surface area (Å²) in [4.78, 5) is 8.26. The summed E-state index contributed by atoms with van der Waals surface area (Å²) in [5, 5.41) is 14.3. The fourth-order valence-electron chi connectivity index (χ4n) is 6.28. The SMILES string of the molecule is O=[S@@]1CCc2cc(N3CC4(CCC(c5ccc(Cl)cc5)CC4)C3)nc(NC3(CO)CCC3)c21. The van der Waals surface area contributed by atoms with Crippen molar-refractivity contribution in [3.8, 4) is 0 Å². The zero-order valence-corrected chi connectivity index (χ0v) is 20.6. The maximum atomic E-state index is 12.7. The van der Waals surface area contributed by atoms with Crippen LogP contribution in [0.2, 0.25) is 5.02 Å². The summed E-state index contributed by atoms with van der Waals surface area (Å²) >= 11 is 6.07. The van der Waals surface area contributed by atoms with E-state index in [0.717, 1.165) is 60.3 Å². The third-order valence-electron chi connectivity index (χ3n) is 8.58. The van der Waals surface area contributed by atoms with Crippen molar-refractivity contribution in [1.82, 2.24) is 4.98 Å². The Labute approximate surface area is 203 Å². The number of aliphatic hydroxyl groups excluding tert-OH is 1. The molecule has 3 fully saturated rings. The van der Waals surface area contributed by atoms with E-state index in [1.54, 1.807) is 0 Å². The van der Waals surface area contributed by atoms with E-state index >= 15 is 0 Å². The molecule has 0 unspecified atom stereocenters. The first-order valence-electron chi connectivity index (χ1n) is 12.3. The molecule has 2 aliphatic heterocycles. The Morgan fingerprint density at radius 3 is 2.52 bits per heavy atom. The van der Waals surface area contributed by atoms with Gasteiger partial charge in [0.1, 0.15) is 11.6 Å². The number of aromatic nitrogens is 1. The standard InChI is InChI=1S/C26H32ClN3O2S/c27-21-4-2-18(3-5-21)19-6-11-25(12-7-19)15-30(16-25)22-14-20-8-13-33(32)23(20)24(28-22)29-26(17-31)9-1-10-26/h2-5,14,19,31H,1,6-13,15-17H2,(H,28,29)/t33-/m1/s1. The lowest BCUT2D eigenvalue weighted by Gasteiger charge is -2.54. The van der Waals surface area contributed by atoms with E-state index in [9.17, 15) is 9.32 Å². The molecular weight excluding hydrogens is 454 g/mol. The fourth-order valence-corrected chi connectivity index (χ4v) is 7.78. The molecule has 1 saturated heterocycles. The zero-order chi connectivity index (χ0) is 22.6. The first-order valence-corrected chi connectivity index (χ1v) is 14.0. The van der Waals surface area contributed by atoms with Crippen LogP contribution >= 0.6 is 11.6 Å². The Morgan fingerprint density at radius 2 is 1.88 bits per heavy atom. The average Bonchev–Trinajstić information content (AvgIpc) is 3.16. The number of aryl methyl sites for hydroxylation is 1. The Bertz CT molecular complexity index is 1060. The second-order valence-corrected chi connectivity index (χ2v) is 12.7. The molecule has 2 aromatic rings. The van der Waals surface area contributed by atoms with Crippen LogP contribution in [0.15, 0.2) is 35.2 Å². The molecule has 0 bridgehead atoms. The number of hydrogen-bond acceptors (Lipinski definition) is 5. The number of benzene rings is 1. The van der Waals surface area contributed by atoms with Crippen molar-refractivity contribution in [2.75, 3.05) is 35.7 Å². The minimum absolute atomic E-state index is 0.0991. The molecule has 2 aliphatic carbocycles. The maximum absolute atomic E-state index is 12.7. The summed E-state index contributed by atoms with van der Waals surface area (Å²) in [6.07, 6.45) is 8.83. The van der Waals surface area contributed by atoms with Crippen molar-refractivity contribution in [2.24, 2.45) is 5.41 Å². The van der Waals surface area contributed by atoms with Gasteiger partial charge in [-0.3, -0.25) is 4.21 Å². The van der Waals surface area contributed by atoms with Gasteiger partial charge in [-0.2, -0.15) is 0 Å². The Morgan fingerprint density at radius 1 is 1.15 bits per heavy atom. The first kappa shape index (κ1) is 21.9. The van der Waals surface area contributed by atoms with E-state index in [2.05, 4.69) is 28.4 Å². The minimum atomic E-state index is -0.997. The predicted octanol–water partition coefficient (Wildman–Crippen LogP) is 4.89. The monoisotopic (exact) mass is 485 g/mol. The van der Waals surface area contributed by atoms with E-state index in [1.165, 1.54) is 36.8 Å². The molecule has 1 aromatic heterocycles. The highest BCUT2D eigenvalue weighted by Crippen LogP contribution is 2.50. The minimum Gasteiger partial charge on any atom is -0.394 e. The lowest BCUT2D eigenvalue weighted by atomic mass is 9.65. The third kappa shape index (κ3) is 3.88. The van der Waals surface area contributed by atoms with Crippen molar-refractivity contribution in [3.63, 3.8) is 0 Å². The van der Waals surface area contributed by atoms with Crippen LogP contribution in [-0.4, -0.2) is 45.3 Å². The summed E-state index contributed by atoms with van der Waals surface area (Å²) < 4.78 is 12.7. The molecule has 176 valence electrons. The van der Waals surface area contributed by atoms with Crippen molar-refractivity contribution >= 4 is 34.0 Å². The van der Waals surface area contributed by atoms with Crippen LogP contribution in [0.1, 0.15) is 62.0 Å². The molecule has 0 radical (unpaired) electrons. The molecule has 3 heterocycles. The molecule has 4 aliphatic rings. The first-order chi connectivity index (χ1) is 16.0. The van der Waals surface area contributed by atoms with Crippen LogP contribution in [0.5, 0.6) is 0 Å². The number of nitrogens with one attached hydrogen (secondary N) is 1. The number of fused-ring (bicyclic) bond motifs is 1. The van der Waals surface area contributed by atoms with Gasteiger partial charge in [0.05, 0.1) is 27.8 Å². The van der Waals surface area contributed by atoms with E-state index in [0.29, 0.717) is 17.1 Å². The third-order valence-corrected chi connectivity index (χ3v) is 10.3. The molecule has 2 N–H and O–H groups in total. The van der Waals surface area contributed by atoms with Gasteiger partial charge in [-0.25, -0.2) is 4.98 Å². The van der Waals surface area contributed by atoms with Gasteiger partial charge >= 0.3 is 0 Å². The van der Waals surface area contributed by atoms with E-state index in [-0.39, 0.29) is 12.1 Å². The Hall–Kier alpha value is -1.63. The van der Waals surface area contributed by atoms with Gasteiger partial charge in [-0.15, -0.1) is 0 Å². The van der Waals surface area contributed by atoms with Crippen LogP contribution in [0.4, 0.5) is 11.6 Å². The summed E-state index contributed by atoms with van der Waals surface area (Å²) in [6.45, 7) is 2.21. The summed E-state index contributed by atoms with van der Waals surface area (Å²) in [6, 6.07) is 10.6. The largest absolute Gasteiger partial charge is 0.394 e. The Balaban J connectivity index is 1.16. The smallest absolute Gasteiger partial charge is 0.145 e. The predicted molar refractivity (Wildman–Crippen MR) is 134 cm³/mol. The number of anilines is 2. The Kier molecular flexibility index (Phi) is 5.46. The molecule has 5 nitrogen and oxygen atoms in total. The molecule has 1 atom stereocenters. The van der Waals surface area contributed by atoms with Gasteiger partial charge in [0.15, 0.2) is 0 Å². The lowest BCUT2D eigenvalue weighted by molar-refractivity contribution is 0.127. The highest BCUT2D eigenvalue weighted by atomic mass is 35.5. The highest BCUT2D eigenvalue weighted by Gasteiger charge is 2.46. The van der Waals surface area contributed by atoms with Crippen LogP contribution < -0.4 is 10.2 Å². The highest BCUT2D eigenvalue weighted by molar-refractivity contribution is 7.85. The number of rotatable bonds is 5. The number of aliphatic hydroxyl groups is 1. The van der Waals surface area contributed by atoms with Gasteiger partial charge in [0.2, 0.25) is 0 Å². The van der Waals surface area contributed by atoms with E-state index in [1.807, 2.05) is 12.1 Å². The molecular formula is C26H32ClN3O2S. The molecule has 33 heavy (non-hydrogen) atoms. The molecule has 0 amide bonds. The van der Waals surface area contributed by atoms with E-state index in [4.69, 9.17) is 16.6 Å².